The minimum Gasteiger partial charge on any atom is -0.481 e. The van der Waals surface area contributed by atoms with Crippen LogP contribution in [0.4, 0.5) is 4.79 Å². The summed E-state index contributed by atoms with van der Waals surface area (Å²) in [6.45, 7) is 4.21. The maximum atomic E-state index is 11.7. The average molecular weight is 315 g/mol. The number of hydrogen-bond donors (Lipinski definition) is 4. The van der Waals surface area contributed by atoms with Crippen LogP contribution in [-0.2, 0) is 14.3 Å². The summed E-state index contributed by atoms with van der Waals surface area (Å²) in [5, 5.41) is 14.2. The second-order valence-electron chi connectivity index (χ2n) is 5.98. The van der Waals surface area contributed by atoms with Gasteiger partial charge in [0, 0.05) is 13.1 Å². The van der Waals surface area contributed by atoms with Gasteiger partial charge in [-0.25, -0.2) is 4.79 Å². The number of nitrogens with two attached hydrogens (primary N) is 1. The van der Waals surface area contributed by atoms with Crippen molar-refractivity contribution in [3.63, 3.8) is 0 Å². The molecule has 0 aliphatic carbocycles. The number of carbonyl (C=O) groups is 3. The van der Waals surface area contributed by atoms with Gasteiger partial charge in [0.1, 0.15) is 6.10 Å². The molecule has 1 aliphatic rings. The fraction of sp³-hybridized carbons (Fsp3) is 0.786. The molecule has 3 amide bonds. The van der Waals surface area contributed by atoms with Crippen LogP contribution >= 0.6 is 0 Å². The van der Waals surface area contributed by atoms with Crippen LogP contribution in [0.15, 0.2) is 0 Å². The summed E-state index contributed by atoms with van der Waals surface area (Å²) in [6.07, 6.45) is 0.880. The van der Waals surface area contributed by atoms with Gasteiger partial charge in [-0.15, -0.1) is 0 Å². The molecule has 1 rings (SSSR count). The Morgan fingerprint density at radius 2 is 1.95 bits per heavy atom. The highest BCUT2D eigenvalue weighted by atomic mass is 16.5. The average Bonchev–Trinajstić information content (AvgIpc) is 2.89. The Hall–Kier alpha value is -1.83. The lowest BCUT2D eigenvalue weighted by molar-refractivity contribution is -0.142. The smallest absolute Gasteiger partial charge is 0.314 e. The quantitative estimate of drug-likeness (QED) is 0.503. The first kappa shape index (κ1) is 18.2. The van der Waals surface area contributed by atoms with Crippen LogP contribution in [0.5, 0.6) is 0 Å². The molecular weight excluding hydrogens is 290 g/mol. The molecule has 0 aromatic rings. The van der Waals surface area contributed by atoms with Gasteiger partial charge < -0.3 is 26.2 Å². The van der Waals surface area contributed by atoms with Gasteiger partial charge in [-0.1, -0.05) is 13.8 Å². The minimum absolute atomic E-state index is 0.0782. The second kappa shape index (κ2) is 8.57. The van der Waals surface area contributed by atoms with E-state index < -0.39 is 29.9 Å². The number of ether oxygens (including phenoxy) is 1. The van der Waals surface area contributed by atoms with Crippen molar-refractivity contribution in [2.45, 2.75) is 45.3 Å². The number of carbonyl (C=O) groups excluding carboxylic acids is 2. The Morgan fingerprint density at radius 3 is 2.45 bits per heavy atom. The molecule has 1 saturated heterocycles. The van der Waals surface area contributed by atoms with E-state index in [1.807, 2.05) is 13.8 Å². The Bertz CT molecular complexity index is 413. The molecule has 1 heterocycles. The summed E-state index contributed by atoms with van der Waals surface area (Å²) in [5.74, 6) is -1.78. The Morgan fingerprint density at radius 1 is 1.27 bits per heavy atom. The number of hydrogen-bond acceptors (Lipinski definition) is 4. The molecule has 126 valence electrons. The minimum atomic E-state index is -0.919. The first-order chi connectivity index (χ1) is 10.3. The van der Waals surface area contributed by atoms with Gasteiger partial charge in [0.2, 0.25) is 5.91 Å². The molecule has 1 aliphatic heterocycles. The first-order valence-electron chi connectivity index (χ1n) is 7.48. The Labute approximate surface area is 129 Å². The fourth-order valence-corrected chi connectivity index (χ4v) is 2.39. The van der Waals surface area contributed by atoms with E-state index in [-0.39, 0.29) is 25.1 Å². The highest BCUT2D eigenvalue weighted by Gasteiger charge is 2.29. The number of primary amides is 1. The van der Waals surface area contributed by atoms with E-state index in [0.717, 1.165) is 0 Å². The molecule has 0 radical (unpaired) electrons. The number of amides is 3. The molecule has 1 fully saturated rings. The van der Waals surface area contributed by atoms with E-state index in [1.165, 1.54) is 0 Å². The largest absolute Gasteiger partial charge is 0.481 e. The molecule has 0 aromatic heterocycles. The summed E-state index contributed by atoms with van der Waals surface area (Å²) >= 11 is 0. The maximum absolute atomic E-state index is 11.7. The third kappa shape index (κ3) is 6.30. The summed E-state index contributed by atoms with van der Waals surface area (Å²) in [4.78, 5) is 33.7. The Balaban J connectivity index is 2.26. The van der Waals surface area contributed by atoms with E-state index in [9.17, 15) is 14.4 Å². The number of aliphatic carboxylic acids is 1. The number of carboxylic acid groups (broad SMARTS) is 1. The molecular formula is C14H25N3O5. The van der Waals surface area contributed by atoms with Crippen molar-refractivity contribution < 1.29 is 24.2 Å². The zero-order valence-electron chi connectivity index (χ0n) is 13.0. The zero-order chi connectivity index (χ0) is 16.7. The highest BCUT2D eigenvalue weighted by molar-refractivity contribution is 5.79. The van der Waals surface area contributed by atoms with Gasteiger partial charge in [-0.2, -0.15) is 0 Å². The van der Waals surface area contributed by atoms with Crippen LogP contribution in [0.1, 0.15) is 33.1 Å². The Kier molecular flexibility index (Phi) is 7.10. The standard InChI is InChI=1S/C14H25N3O5/c1-8(2)5-9(13(19)20)6-16-14(21)17-7-10-3-4-11(22-10)12(15)18/h8-11H,3-7H2,1-2H3,(H2,15,18)(H,19,20)(H2,16,17,21). The van der Waals surface area contributed by atoms with E-state index in [4.69, 9.17) is 15.6 Å². The lowest BCUT2D eigenvalue weighted by Gasteiger charge is -2.17. The molecule has 5 N–H and O–H groups in total. The number of nitrogens with one attached hydrogen (secondary N) is 2. The third-order valence-electron chi connectivity index (χ3n) is 3.53. The van der Waals surface area contributed by atoms with Crippen LogP contribution < -0.4 is 16.4 Å². The zero-order valence-corrected chi connectivity index (χ0v) is 13.0. The number of rotatable bonds is 8. The lowest BCUT2D eigenvalue weighted by atomic mass is 9.97. The summed E-state index contributed by atoms with van der Waals surface area (Å²) in [6, 6.07) is -0.443. The SMILES string of the molecule is CC(C)CC(CNC(=O)NCC1CCC(C(N)=O)O1)C(=O)O. The monoisotopic (exact) mass is 315 g/mol. The predicted octanol–water partition coefficient (Wildman–Crippen LogP) is 0.0654. The molecule has 22 heavy (non-hydrogen) atoms. The summed E-state index contributed by atoms with van der Waals surface area (Å²) in [7, 11) is 0. The first-order valence-corrected chi connectivity index (χ1v) is 7.48. The lowest BCUT2D eigenvalue weighted by Crippen LogP contribution is -2.43. The predicted molar refractivity (Wildman–Crippen MR) is 79.1 cm³/mol. The van der Waals surface area contributed by atoms with Crippen LogP contribution in [0.2, 0.25) is 0 Å². The maximum Gasteiger partial charge on any atom is 0.314 e. The normalized spacial score (nSPS) is 22.3. The van der Waals surface area contributed by atoms with Crippen molar-refractivity contribution in [1.29, 1.82) is 0 Å². The van der Waals surface area contributed by atoms with Crippen molar-refractivity contribution in [2.24, 2.45) is 17.6 Å². The molecule has 3 unspecified atom stereocenters. The van der Waals surface area contributed by atoms with Crippen molar-refractivity contribution in [1.82, 2.24) is 10.6 Å². The molecule has 0 bridgehead atoms. The van der Waals surface area contributed by atoms with Crippen LogP contribution in [-0.4, -0.2) is 48.3 Å². The van der Waals surface area contributed by atoms with Gasteiger partial charge in [0.05, 0.1) is 12.0 Å². The fourth-order valence-electron chi connectivity index (χ4n) is 2.39. The van der Waals surface area contributed by atoms with E-state index >= 15 is 0 Å². The highest BCUT2D eigenvalue weighted by Crippen LogP contribution is 2.18. The van der Waals surface area contributed by atoms with E-state index in [0.29, 0.717) is 19.3 Å². The van der Waals surface area contributed by atoms with Crippen molar-refractivity contribution in [3.05, 3.63) is 0 Å². The van der Waals surface area contributed by atoms with Crippen LogP contribution in [0, 0.1) is 11.8 Å². The van der Waals surface area contributed by atoms with Gasteiger partial charge >= 0.3 is 12.0 Å². The third-order valence-corrected chi connectivity index (χ3v) is 3.53. The summed E-state index contributed by atoms with van der Waals surface area (Å²) in [5.41, 5.74) is 5.15. The topological polar surface area (TPSA) is 131 Å². The van der Waals surface area contributed by atoms with Gasteiger partial charge in [-0.05, 0) is 25.2 Å². The molecule has 0 spiro atoms. The van der Waals surface area contributed by atoms with E-state index in [2.05, 4.69) is 10.6 Å². The van der Waals surface area contributed by atoms with Gasteiger partial charge in [0.25, 0.3) is 0 Å². The summed E-state index contributed by atoms with van der Waals surface area (Å²) < 4.78 is 5.38. The molecule has 0 aromatic carbocycles. The number of urea groups is 1. The second-order valence-corrected chi connectivity index (χ2v) is 5.98. The van der Waals surface area contributed by atoms with Crippen molar-refractivity contribution in [3.8, 4) is 0 Å². The van der Waals surface area contributed by atoms with Crippen LogP contribution in [0.25, 0.3) is 0 Å². The van der Waals surface area contributed by atoms with Gasteiger partial charge in [0.15, 0.2) is 0 Å². The molecule has 8 heteroatoms. The van der Waals surface area contributed by atoms with Crippen molar-refractivity contribution in [2.75, 3.05) is 13.1 Å². The molecule has 8 nitrogen and oxygen atoms in total. The molecule has 0 saturated carbocycles. The number of carboxylic acids is 1. The molecule has 3 atom stereocenters. The van der Waals surface area contributed by atoms with Gasteiger partial charge in [-0.3, -0.25) is 9.59 Å². The van der Waals surface area contributed by atoms with Crippen LogP contribution in [0.3, 0.4) is 0 Å². The van der Waals surface area contributed by atoms with E-state index in [1.54, 1.807) is 0 Å². The van der Waals surface area contributed by atoms with Crippen molar-refractivity contribution >= 4 is 17.9 Å².